The number of carbonyl (C=O) groups excluding carboxylic acids is 3. The summed E-state index contributed by atoms with van der Waals surface area (Å²) in [5.41, 5.74) is -1.31. The van der Waals surface area contributed by atoms with E-state index in [2.05, 4.69) is 4.74 Å². The van der Waals surface area contributed by atoms with Crippen molar-refractivity contribution < 1.29 is 33.6 Å². The summed E-state index contributed by atoms with van der Waals surface area (Å²) < 4.78 is 9.57. The fraction of sp³-hybridized carbons (Fsp3) is 0.375. The first kappa shape index (κ1) is 16.0. The monoisotopic (exact) mass is 333 g/mol. The maximum Gasteiger partial charge on any atom is 0.405 e. The summed E-state index contributed by atoms with van der Waals surface area (Å²) in [4.78, 5) is 42.4. The van der Waals surface area contributed by atoms with Crippen LogP contribution >= 0.6 is 0 Å². The molecule has 8 nitrogen and oxygen atoms in total. The molecule has 0 bridgehead atoms. The van der Waals surface area contributed by atoms with Gasteiger partial charge >= 0.3 is 17.7 Å². The highest BCUT2D eigenvalue weighted by Crippen LogP contribution is 2.48. The topological polar surface area (TPSA) is 105 Å². The number of hydrogen-bond acceptors (Lipinski definition) is 7. The first-order valence-electron chi connectivity index (χ1n) is 7.32. The van der Waals surface area contributed by atoms with Crippen molar-refractivity contribution in [2.24, 2.45) is 0 Å². The number of carbonyl (C=O) groups is 3. The van der Waals surface area contributed by atoms with Gasteiger partial charge in [-0.15, -0.1) is 0 Å². The molecule has 0 saturated carbocycles. The predicted octanol–water partition coefficient (Wildman–Crippen LogP) is 0.646. The van der Waals surface area contributed by atoms with Crippen LogP contribution in [0.1, 0.15) is 34.3 Å². The quantitative estimate of drug-likeness (QED) is 0.454. The number of benzene rings is 1. The maximum absolute atomic E-state index is 12.9. The molecule has 1 aliphatic carbocycles. The number of esters is 2. The van der Waals surface area contributed by atoms with Crippen LogP contribution in [0.15, 0.2) is 18.2 Å². The van der Waals surface area contributed by atoms with Crippen LogP contribution in [0, 0.1) is 12.1 Å². The van der Waals surface area contributed by atoms with E-state index >= 15 is 0 Å². The molecule has 0 fully saturated rings. The van der Waals surface area contributed by atoms with E-state index in [1.807, 2.05) is 0 Å². The molecule has 1 heterocycles. The van der Waals surface area contributed by atoms with Crippen LogP contribution in [0.3, 0.4) is 0 Å². The Morgan fingerprint density at radius 1 is 1.42 bits per heavy atom. The highest BCUT2D eigenvalue weighted by molar-refractivity contribution is 6.41. The van der Waals surface area contributed by atoms with Gasteiger partial charge in [0.1, 0.15) is 5.92 Å². The number of ether oxygens (including phenoxy) is 2. The van der Waals surface area contributed by atoms with E-state index in [1.165, 1.54) is 0 Å². The molecule has 0 spiro atoms. The third-order valence-corrected chi connectivity index (χ3v) is 4.18. The number of nitrogens with zero attached hydrogens (tertiary/aromatic N) is 1. The molecule has 0 saturated heterocycles. The summed E-state index contributed by atoms with van der Waals surface area (Å²) in [6.07, 6.45) is 0. The van der Waals surface area contributed by atoms with Crippen molar-refractivity contribution in [1.82, 2.24) is 0 Å². The first-order valence-corrected chi connectivity index (χ1v) is 7.32. The third-order valence-electron chi connectivity index (χ3n) is 4.18. The van der Waals surface area contributed by atoms with E-state index in [0.717, 1.165) is 12.7 Å². The summed E-state index contributed by atoms with van der Waals surface area (Å²) in [6, 6.07) is 4.90. The Morgan fingerprint density at radius 3 is 2.75 bits per heavy atom. The SMILES string of the molecule is CCOC(=O)[C@@]12O[N+]([O-])=C(C(=O)OC)[C@@H]1c1ccc(C)cc1C2=O. The smallest absolute Gasteiger partial charge is 0.405 e. The highest BCUT2D eigenvalue weighted by Gasteiger charge is 2.70. The average molecular weight is 333 g/mol. The molecular formula is C16H15NO7. The Morgan fingerprint density at radius 2 is 2.12 bits per heavy atom. The average Bonchev–Trinajstić information content (AvgIpc) is 2.98. The number of rotatable bonds is 3. The Balaban J connectivity index is 2.25. The minimum absolute atomic E-state index is 0.00820. The molecule has 8 heteroatoms. The molecule has 126 valence electrons. The van der Waals surface area contributed by atoms with Crippen molar-refractivity contribution in [3.63, 3.8) is 0 Å². The molecule has 2 atom stereocenters. The van der Waals surface area contributed by atoms with Crippen LogP contribution in [0.5, 0.6) is 0 Å². The van der Waals surface area contributed by atoms with Gasteiger partial charge in [-0.2, -0.15) is 0 Å². The standard InChI is InChI=1S/C16H15NO7/c1-4-23-15(20)16-11(12(14(19)22-3)17(21)24-16)9-6-5-8(2)7-10(9)13(16)18/h5-7,11H,4H2,1-3H3/t11-,16+/m0/s1. The molecule has 0 aromatic heterocycles. The lowest BCUT2D eigenvalue weighted by Crippen LogP contribution is -2.50. The van der Waals surface area contributed by atoms with Crippen LogP contribution in [0.25, 0.3) is 0 Å². The van der Waals surface area contributed by atoms with Gasteiger partial charge < -0.3 is 14.3 Å². The molecular weight excluding hydrogens is 318 g/mol. The Hall–Kier alpha value is -2.90. The van der Waals surface area contributed by atoms with E-state index in [0.29, 0.717) is 5.56 Å². The molecule has 1 aromatic carbocycles. The van der Waals surface area contributed by atoms with E-state index < -0.39 is 35.0 Å². The van der Waals surface area contributed by atoms with E-state index in [9.17, 15) is 19.6 Å². The number of Topliss-reactive ketones (excluding diaryl/α,β-unsaturated/α-hetero) is 1. The van der Waals surface area contributed by atoms with Gasteiger partial charge in [-0.05, 0) is 25.5 Å². The van der Waals surface area contributed by atoms with Crippen molar-refractivity contribution in [2.75, 3.05) is 13.7 Å². The number of fused-ring (bicyclic) bond motifs is 3. The maximum atomic E-state index is 12.9. The summed E-state index contributed by atoms with van der Waals surface area (Å²) in [5, 5.41) is 12.1. The molecule has 0 unspecified atom stereocenters. The molecule has 2 aliphatic rings. The van der Waals surface area contributed by atoms with Crippen LogP contribution < -0.4 is 0 Å². The van der Waals surface area contributed by atoms with E-state index in [1.54, 1.807) is 32.0 Å². The second kappa shape index (κ2) is 5.33. The molecule has 1 aromatic rings. The lowest BCUT2D eigenvalue weighted by molar-refractivity contribution is -0.743. The lowest BCUT2D eigenvalue weighted by Gasteiger charge is -2.24. The van der Waals surface area contributed by atoms with Crippen molar-refractivity contribution in [2.45, 2.75) is 25.4 Å². The second-order valence-electron chi connectivity index (χ2n) is 5.53. The minimum atomic E-state index is -2.22. The Kier molecular flexibility index (Phi) is 3.55. The Bertz CT molecular complexity index is 798. The van der Waals surface area contributed by atoms with Gasteiger partial charge in [0, 0.05) is 5.56 Å². The second-order valence-corrected chi connectivity index (χ2v) is 5.53. The number of hydrogen-bond donors (Lipinski definition) is 0. The van der Waals surface area contributed by atoms with Gasteiger partial charge in [0.25, 0.3) is 5.60 Å². The normalized spacial score (nSPS) is 24.3. The summed E-state index contributed by atoms with van der Waals surface area (Å²) in [7, 11) is 1.10. The molecule has 0 radical (unpaired) electrons. The van der Waals surface area contributed by atoms with Gasteiger partial charge in [-0.3, -0.25) is 10.0 Å². The largest absolute Gasteiger partial charge is 0.464 e. The number of aryl methyl sites for hydroxylation is 1. The fourth-order valence-electron chi connectivity index (χ4n) is 3.17. The third kappa shape index (κ3) is 1.85. The van der Waals surface area contributed by atoms with Crippen LogP contribution in [0.2, 0.25) is 0 Å². The summed E-state index contributed by atoms with van der Waals surface area (Å²) in [5.74, 6) is -3.88. The molecule has 0 amide bonds. The Labute approximate surface area is 137 Å². The number of ketones is 1. The summed E-state index contributed by atoms with van der Waals surface area (Å²) >= 11 is 0. The van der Waals surface area contributed by atoms with E-state index in [4.69, 9.17) is 9.57 Å². The fourth-order valence-corrected chi connectivity index (χ4v) is 3.17. The minimum Gasteiger partial charge on any atom is -0.464 e. The molecule has 24 heavy (non-hydrogen) atoms. The lowest BCUT2D eigenvalue weighted by atomic mass is 9.84. The van der Waals surface area contributed by atoms with E-state index in [-0.39, 0.29) is 17.1 Å². The van der Waals surface area contributed by atoms with Gasteiger partial charge in [0.15, 0.2) is 5.78 Å². The predicted molar refractivity (Wildman–Crippen MR) is 79.3 cm³/mol. The van der Waals surface area contributed by atoms with Crippen molar-refractivity contribution in [3.05, 3.63) is 40.1 Å². The van der Waals surface area contributed by atoms with Gasteiger partial charge in [0.2, 0.25) is 0 Å². The molecule has 0 N–H and O–H groups in total. The van der Waals surface area contributed by atoms with Crippen molar-refractivity contribution in [1.29, 1.82) is 0 Å². The van der Waals surface area contributed by atoms with Crippen LogP contribution in [0.4, 0.5) is 0 Å². The zero-order chi connectivity index (χ0) is 17.6. The van der Waals surface area contributed by atoms with Crippen molar-refractivity contribution >= 4 is 23.4 Å². The van der Waals surface area contributed by atoms with Crippen molar-refractivity contribution in [3.8, 4) is 0 Å². The van der Waals surface area contributed by atoms with Gasteiger partial charge in [-0.25, -0.2) is 9.59 Å². The van der Waals surface area contributed by atoms with Gasteiger partial charge in [-0.1, -0.05) is 17.7 Å². The highest BCUT2D eigenvalue weighted by atomic mass is 16.9. The number of methoxy groups -OCH3 is 1. The molecule has 3 rings (SSSR count). The molecule has 1 aliphatic heterocycles. The summed E-state index contributed by atoms with van der Waals surface area (Å²) in [6.45, 7) is 3.34. The van der Waals surface area contributed by atoms with Gasteiger partial charge in [0.05, 0.1) is 18.6 Å². The first-order chi connectivity index (χ1) is 11.4. The van der Waals surface area contributed by atoms with Crippen LogP contribution in [-0.4, -0.2) is 47.7 Å². The van der Waals surface area contributed by atoms with Crippen LogP contribution in [-0.2, 0) is 23.9 Å². The zero-order valence-electron chi connectivity index (χ0n) is 13.3. The zero-order valence-corrected chi connectivity index (χ0v) is 13.3.